The summed E-state index contributed by atoms with van der Waals surface area (Å²) in [5.41, 5.74) is 0. The SMILES string of the molecule is CN(CCO)Cc1cc(Br)c(Br)s1. The third kappa shape index (κ3) is 3.67. The minimum atomic E-state index is 0.213. The molecule has 0 aliphatic heterocycles. The highest BCUT2D eigenvalue weighted by Crippen LogP contribution is 2.32. The molecule has 0 saturated carbocycles. The van der Waals surface area contributed by atoms with E-state index in [9.17, 15) is 0 Å². The topological polar surface area (TPSA) is 23.5 Å². The lowest BCUT2D eigenvalue weighted by molar-refractivity contribution is 0.218. The van der Waals surface area contributed by atoms with Crippen molar-refractivity contribution in [2.24, 2.45) is 0 Å². The molecule has 0 aliphatic rings. The van der Waals surface area contributed by atoms with Gasteiger partial charge >= 0.3 is 0 Å². The van der Waals surface area contributed by atoms with Gasteiger partial charge in [0.2, 0.25) is 0 Å². The fraction of sp³-hybridized carbons (Fsp3) is 0.500. The standard InChI is InChI=1S/C8H11Br2NOS/c1-11(2-3-12)5-6-4-7(9)8(10)13-6/h4,12H,2-3,5H2,1H3. The van der Waals surface area contributed by atoms with E-state index in [1.165, 1.54) is 4.88 Å². The molecule has 0 aromatic carbocycles. The van der Waals surface area contributed by atoms with Crippen LogP contribution in [0.15, 0.2) is 14.3 Å². The summed E-state index contributed by atoms with van der Waals surface area (Å²) in [6.07, 6.45) is 0. The van der Waals surface area contributed by atoms with Gasteiger partial charge in [-0.05, 0) is 45.0 Å². The van der Waals surface area contributed by atoms with Crippen molar-refractivity contribution in [2.45, 2.75) is 6.54 Å². The number of thiophene rings is 1. The highest BCUT2D eigenvalue weighted by molar-refractivity contribution is 9.13. The van der Waals surface area contributed by atoms with E-state index in [2.05, 4.69) is 42.8 Å². The Bertz CT molecular complexity index is 258. The molecule has 74 valence electrons. The van der Waals surface area contributed by atoms with Crippen molar-refractivity contribution < 1.29 is 5.11 Å². The van der Waals surface area contributed by atoms with Gasteiger partial charge in [0.15, 0.2) is 0 Å². The number of halogens is 2. The Morgan fingerprint density at radius 2 is 2.23 bits per heavy atom. The third-order valence-corrected chi connectivity index (χ3v) is 4.84. The molecule has 1 heterocycles. The first-order valence-corrected chi connectivity index (χ1v) is 6.27. The monoisotopic (exact) mass is 327 g/mol. The Balaban J connectivity index is 2.53. The molecule has 1 aromatic heterocycles. The van der Waals surface area contributed by atoms with Crippen molar-refractivity contribution in [1.82, 2.24) is 4.90 Å². The predicted octanol–water partition coefficient (Wildman–Crippen LogP) is 2.70. The maximum atomic E-state index is 8.72. The molecule has 1 rings (SSSR count). The van der Waals surface area contributed by atoms with Gasteiger partial charge in [0, 0.05) is 22.4 Å². The Morgan fingerprint density at radius 3 is 2.69 bits per heavy atom. The maximum absolute atomic E-state index is 8.72. The second-order valence-corrected chi connectivity index (χ2v) is 6.10. The van der Waals surface area contributed by atoms with E-state index in [0.717, 1.165) is 14.8 Å². The number of aliphatic hydroxyl groups excluding tert-OH is 1. The zero-order valence-electron chi connectivity index (χ0n) is 7.26. The summed E-state index contributed by atoms with van der Waals surface area (Å²) in [6, 6.07) is 2.10. The van der Waals surface area contributed by atoms with Crippen LogP contribution in [0, 0.1) is 0 Å². The Kier molecular flexibility index (Phi) is 4.89. The van der Waals surface area contributed by atoms with Crippen LogP contribution in [0.25, 0.3) is 0 Å². The number of likely N-dealkylation sites (N-methyl/N-ethyl adjacent to an activating group) is 1. The van der Waals surface area contributed by atoms with E-state index in [4.69, 9.17) is 5.11 Å². The highest BCUT2D eigenvalue weighted by atomic mass is 79.9. The molecule has 13 heavy (non-hydrogen) atoms. The Labute approximate surface area is 98.8 Å². The van der Waals surface area contributed by atoms with E-state index < -0.39 is 0 Å². The second kappa shape index (κ2) is 5.46. The van der Waals surface area contributed by atoms with Crippen LogP contribution in [-0.4, -0.2) is 30.2 Å². The van der Waals surface area contributed by atoms with Crippen molar-refractivity contribution in [3.63, 3.8) is 0 Å². The summed E-state index contributed by atoms with van der Waals surface area (Å²) in [5, 5.41) is 8.72. The van der Waals surface area contributed by atoms with Gasteiger partial charge in [-0.3, -0.25) is 4.90 Å². The molecule has 1 N–H and O–H groups in total. The lowest BCUT2D eigenvalue weighted by atomic mass is 10.4. The van der Waals surface area contributed by atoms with Gasteiger partial charge < -0.3 is 5.11 Å². The predicted molar refractivity (Wildman–Crippen MR) is 63.1 cm³/mol. The minimum absolute atomic E-state index is 0.213. The van der Waals surface area contributed by atoms with E-state index >= 15 is 0 Å². The number of nitrogens with zero attached hydrogens (tertiary/aromatic N) is 1. The average Bonchev–Trinajstić information content (AvgIpc) is 2.31. The van der Waals surface area contributed by atoms with Crippen molar-refractivity contribution in [3.8, 4) is 0 Å². The quantitative estimate of drug-likeness (QED) is 0.918. The molecule has 0 unspecified atom stereocenters. The molecule has 0 atom stereocenters. The molecule has 0 bridgehead atoms. The Morgan fingerprint density at radius 1 is 1.54 bits per heavy atom. The smallest absolute Gasteiger partial charge is 0.0843 e. The van der Waals surface area contributed by atoms with Crippen LogP contribution in [0.1, 0.15) is 4.88 Å². The van der Waals surface area contributed by atoms with E-state index in [1.54, 1.807) is 11.3 Å². The third-order valence-electron chi connectivity index (χ3n) is 1.60. The molecule has 1 aromatic rings. The van der Waals surface area contributed by atoms with E-state index in [0.29, 0.717) is 6.54 Å². The van der Waals surface area contributed by atoms with Crippen molar-refractivity contribution >= 4 is 43.2 Å². The van der Waals surface area contributed by atoms with E-state index in [1.807, 2.05) is 7.05 Å². The summed E-state index contributed by atoms with van der Waals surface area (Å²) in [6.45, 7) is 1.81. The van der Waals surface area contributed by atoms with Crippen LogP contribution in [0.5, 0.6) is 0 Å². The molecule has 5 heteroatoms. The fourth-order valence-corrected chi connectivity index (χ4v) is 3.24. The number of aliphatic hydroxyl groups is 1. The molecule has 0 fully saturated rings. The van der Waals surface area contributed by atoms with Gasteiger partial charge in [-0.25, -0.2) is 0 Å². The number of hydrogen-bond donors (Lipinski definition) is 1. The van der Waals surface area contributed by atoms with Crippen LogP contribution in [0.4, 0.5) is 0 Å². The van der Waals surface area contributed by atoms with Crippen LogP contribution < -0.4 is 0 Å². The zero-order valence-corrected chi connectivity index (χ0v) is 11.2. The van der Waals surface area contributed by atoms with Gasteiger partial charge in [-0.1, -0.05) is 0 Å². The molecule has 0 aliphatic carbocycles. The maximum Gasteiger partial charge on any atom is 0.0843 e. The fourth-order valence-electron chi connectivity index (χ4n) is 0.985. The molecule has 0 spiro atoms. The Hall–Kier alpha value is 0.580. The first-order valence-electron chi connectivity index (χ1n) is 3.86. The van der Waals surface area contributed by atoms with Gasteiger partial charge in [0.05, 0.1) is 10.4 Å². The van der Waals surface area contributed by atoms with Gasteiger partial charge in [0.25, 0.3) is 0 Å². The van der Waals surface area contributed by atoms with Crippen LogP contribution in [0.3, 0.4) is 0 Å². The lowest BCUT2D eigenvalue weighted by Crippen LogP contribution is -2.20. The molecule has 0 radical (unpaired) electrons. The van der Waals surface area contributed by atoms with Crippen LogP contribution in [0.2, 0.25) is 0 Å². The van der Waals surface area contributed by atoms with Crippen LogP contribution >= 0.6 is 43.2 Å². The molecule has 0 saturated heterocycles. The molecule has 0 amide bonds. The van der Waals surface area contributed by atoms with Crippen molar-refractivity contribution in [3.05, 3.63) is 19.2 Å². The van der Waals surface area contributed by atoms with Gasteiger partial charge in [0.1, 0.15) is 0 Å². The summed E-state index contributed by atoms with van der Waals surface area (Å²) >= 11 is 8.60. The molecular formula is C8H11Br2NOS. The summed E-state index contributed by atoms with van der Waals surface area (Å²) < 4.78 is 2.23. The first-order chi connectivity index (χ1) is 6.13. The normalized spacial score (nSPS) is 11.2. The lowest BCUT2D eigenvalue weighted by Gasteiger charge is -2.12. The summed E-state index contributed by atoms with van der Waals surface area (Å²) in [4.78, 5) is 3.37. The minimum Gasteiger partial charge on any atom is -0.395 e. The average molecular weight is 329 g/mol. The highest BCUT2D eigenvalue weighted by Gasteiger charge is 2.06. The molecule has 2 nitrogen and oxygen atoms in total. The number of rotatable bonds is 4. The zero-order chi connectivity index (χ0) is 9.84. The van der Waals surface area contributed by atoms with Gasteiger partial charge in [-0.15, -0.1) is 11.3 Å². The van der Waals surface area contributed by atoms with Crippen molar-refractivity contribution in [2.75, 3.05) is 20.2 Å². The number of hydrogen-bond acceptors (Lipinski definition) is 3. The molecular weight excluding hydrogens is 318 g/mol. The first kappa shape index (κ1) is 11.7. The second-order valence-electron chi connectivity index (χ2n) is 2.80. The van der Waals surface area contributed by atoms with Crippen LogP contribution in [-0.2, 0) is 6.54 Å². The summed E-state index contributed by atoms with van der Waals surface area (Å²) in [7, 11) is 2.00. The largest absolute Gasteiger partial charge is 0.395 e. The summed E-state index contributed by atoms with van der Waals surface area (Å²) in [5.74, 6) is 0. The van der Waals surface area contributed by atoms with Gasteiger partial charge in [-0.2, -0.15) is 0 Å². The van der Waals surface area contributed by atoms with Crippen molar-refractivity contribution in [1.29, 1.82) is 0 Å². The van der Waals surface area contributed by atoms with E-state index in [-0.39, 0.29) is 6.61 Å².